The van der Waals surface area contributed by atoms with E-state index in [0.29, 0.717) is 23.1 Å². The molecule has 2 aromatic carbocycles. The van der Waals surface area contributed by atoms with Crippen LogP contribution in [-0.2, 0) is 4.79 Å². The molecule has 1 saturated heterocycles. The molecule has 0 spiro atoms. The molecular weight excluding hydrogens is 419 g/mol. The Hall–Kier alpha value is -2.64. The molecule has 8 heteroatoms. The zero-order valence-electron chi connectivity index (χ0n) is 17.4. The summed E-state index contributed by atoms with van der Waals surface area (Å²) in [5.74, 6) is 1.25. The second-order valence-corrected chi connectivity index (χ2v) is 8.10. The van der Waals surface area contributed by atoms with Gasteiger partial charge in [0.05, 0.1) is 5.69 Å². The molecule has 0 aliphatic carbocycles. The molecule has 2 N–H and O–H groups in total. The van der Waals surface area contributed by atoms with Crippen LogP contribution in [0.3, 0.4) is 0 Å². The Balaban J connectivity index is 0.00000231. The van der Waals surface area contributed by atoms with Crippen LogP contribution in [0.5, 0.6) is 5.75 Å². The van der Waals surface area contributed by atoms with Crippen LogP contribution in [0.25, 0.3) is 11.1 Å². The van der Waals surface area contributed by atoms with E-state index in [1.807, 2.05) is 30.0 Å². The fourth-order valence-electron chi connectivity index (χ4n) is 4.67. The summed E-state index contributed by atoms with van der Waals surface area (Å²) in [6.07, 6.45) is 3.09. The van der Waals surface area contributed by atoms with Crippen molar-refractivity contribution in [2.75, 3.05) is 24.6 Å². The van der Waals surface area contributed by atoms with Crippen LogP contribution in [0.4, 0.5) is 10.1 Å². The molecule has 5 rings (SSSR count). The fraction of sp³-hybridized carbons (Fsp3) is 0.391. The molecule has 3 aliphatic rings. The molecule has 2 aromatic rings. The summed E-state index contributed by atoms with van der Waals surface area (Å²) in [5, 5.41) is 7.64. The smallest absolute Gasteiger partial charge is 0.262 e. The molecule has 3 heterocycles. The summed E-state index contributed by atoms with van der Waals surface area (Å²) in [4.78, 5) is 14.2. The average molecular weight is 445 g/mol. The third-order valence-electron chi connectivity index (χ3n) is 6.27. The number of amides is 1. The summed E-state index contributed by atoms with van der Waals surface area (Å²) in [7, 11) is 0. The Morgan fingerprint density at radius 1 is 1.16 bits per heavy atom. The van der Waals surface area contributed by atoms with Gasteiger partial charge in [-0.05, 0) is 74.5 Å². The highest BCUT2D eigenvalue weighted by Gasteiger charge is 2.36. The van der Waals surface area contributed by atoms with Crippen LogP contribution in [0.1, 0.15) is 37.7 Å². The number of benzene rings is 2. The van der Waals surface area contributed by atoms with Gasteiger partial charge in [-0.2, -0.15) is 5.10 Å². The van der Waals surface area contributed by atoms with E-state index in [-0.39, 0.29) is 36.8 Å². The standard InChI is InChI=1S/C23H25FN4O2.ClH/c1-14-23(29)27-26-22-13-30-21-12-18(16-6-2-3-7-19(16)24)17(11-20(21)28(14)22)15-5-4-9-25-10-8-15;/h2-3,6-7,11-12,14-15,25H,4-5,8-10,13H2,1H3,(H,27,29);1H/t14-,15-;/m1./s1. The van der Waals surface area contributed by atoms with Crippen LogP contribution in [0.15, 0.2) is 41.5 Å². The molecule has 31 heavy (non-hydrogen) atoms. The number of nitrogens with zero attached hydrogens (tertiary/aromatic N) is 2. The van der Waals surface area contributed by atoms with Gasteiger partial charge in [-0.25, -0.2) is 9.82 Å². The minimum Gasteiger partial charge on any atom is -0.483 e. The maximum Gasteiger partial charge on any atom is 0.262 e. The van der Waals surface area contributed by atoms with Gasteiger partial charge >= 0.3 is 0 Å². The topological polar surface area (TPSA) is 66.0 Å². The van der Waals surface area contributed by atoms with Crippen molar-refractivity contribution in [2.24, 2.45) is 5.10 Å². The normalized spacial score (nSPS) is 22.7. The molecule has 0 unspecified atom stereocenters. The van der Waals surface area contributed by atoms with E-state index >= 15 is 0 Å². The highest BCUT2D eigenvalue weighted by Crippen LogP contribution is 2.44. The molecule has 0 radical (unpaired) electrons. The number of halogens is 2. The lowest BCUT2D eigenvalue weighted by molar-refractivity contribution is -0.122. The van der Waals surface area contributed by atoms with Crippen LogP contribution in [0.2, 0.25) is 0 Å². The first-order valence-electron chi connectivity index (χ1n) is 10.6. The number of ether oxygens (including phenoxy) is 1. The van der Waals surface area contributed by atoms with E-state index < -0.39 is 0 Å². The summed E-state index contributed by atoms with van der Waals surface area (Å²) >= 11 is 0. The lowest BCUT2D eigenvalue weighted by Crippen LogP contribution is -2.55. The highest BCUT2D eigenvalue weighted by atomic mass is 35.5. The number of anilines is 1. The summed E-state index contributed by atoms with van der Waals surface area (Å²) in [5.41, 5.74) is 5.95. The first-order chi connectivity index (χ1) is 14.6. The number of nitrogens with one attached hydrogen (secondary N) is 2. The van der Waals surface area contributed by atoms with Gasteiger partial charge in [-0.3, -0.25) is 4.79 Å². The van der Waals surface area contributed by atoms with Crippen molar-refractivity contribution < 1.29 is 13.9 Å². The molecule has 0 saturated carbocycles. The number of hydrogen-bond acceptors (Lipinski definition) is 5. The van der Waals surface area contributed by atoms with E-state index in [9.17, 15) is 9.18 Å². The number of amidine groups is 1. The second kappa shape index (κ2) is 8.85. The van der Waals surface area contributed by atoms with Gasteiger partial charge in [0.15, 0.2) is 5.84 Å². The fourth-order valence-corrected chi connectivity index (χ4v) is 4.67. The molecule has 6 nitrogen and oxygen atoms in total. The third-order valence-corrected chi connectivity index (χ3v) is 6.27. The predicted octanol–water partition coefficient (Wildman–Crippen LogP) is 3.80. The van der Waals surface area contributed by atoms with E-state index in [0.717, 1.165) is 49.2 Å². The van der Waals surface area contributed by atoms with Gasteiger partial charge in [0.1, 0.15) is 24.2 Å². The van der Waals surface area contributed by atoms with Gasteiger partial charge < -0.3 is 15.0 Å². The van der Waals surface area contributed by atoms with Gasteiger partial charge in [-0.1, -0.05) is 18.2 Å². The molecular formula is C23H26ClFN4O2. The third kappa shape index (κ3) is 3.88. The minimum atomic E-state index is -0.386. The van der Waals surface area contributed by atoms with Crippen molar-refractivity contribution in [3.05, 3.63) is 47.8 Å². The Bertz CT molecular complexity index is 1020. The van der Waals surface area contributed by atoms with Gasteiger partial charge in [0.25, 0.3) is 5.91 Å². The van der Waals surface area contributed by atoms with E-state index in [1.54, 1.807) is 6.07 Å². The van der Waals surface area contributed by atoms with Crippen molar-refractivity contribution in [3.8, 4) is 16.9 Å². The molecule has 1 amide bonds. The summed E-state index contributed by atoms with van der Waals surface area (Å²) in [6.45, 7) is 4.06. The maximum atomic E-state index is 14.8. The number of hydrazone groups is 1. The molecule has 0 aromatic heterocycles. The van der Waals surface area contributed by atoms with Crippen molar-refractivity contribution in [1.82, 2.24) is 10.7 Å². The number of fused-ring (bicyclic) bond motifs is 3. The monoisotopic (exact) mass is 444 g/mol. The Morgan fingerprint density at radius 3 is 2.84 bits per heavy atom. The molecule has 1 fully saturated rings. The zero-order chi connectivity index (χ0) is 20.7. The SMILES string of the molecule is C[C@@H]1C(=O)NN=C2COc3cc(-c4ccccc4F)c([C@@H]4CCCNCC4)cc3N21.Cl. The van der Waals surface area contributed by atoms with Crippen molar-refractivity contribution in [1.29, 1.82) is 0 Å². The predicted molar refractivity (Wildman–Crippen MR) is 122 cm³/mol. The highest BCUT2D eigenvalue weighted by molar-refractivity contribution is 6.09. The number of carbonyl (C=O) groups is 1. The Labute approximate surface area is 187 Å². The Kier molecular flexibility index (Phi) is 6.16. The van der Waals surface area contributed by atoms with E-state index in [1.165, 1.54) is 6.07 Å². The van der Waals surface area contributed by atoms with Crippen molar-refractivity contribution >= 4 is 29.8 Å². The van der Waals surface area contributed by atoms with E-state index in [4.69, 9.17) is 4.74 Å². The van der Waals surface area contributed by atoms with E-state index in [2.05, 4.69) is 21.9 Å². The quantitative estimate of drug-likeness (QED) is 0.739. The molecule has 3 aliphatic heterocycles. The second-order valence-electron chi connectivity index (χ2n) is 8.10. The van der Waals surface area contributed by atoms with Gasteiger partial charge in [-0.15, -0.1) is 12.4 Å². The number of hydrogen-bond donors (Lipinski definition) is 2. The first kappa shape index (κ1) is 21.6. The lowest BCUT2D eigenvalue weighted by atomic mass is 9.85. The van der Waals surface area contributed by atoms with Gasteiger partial charge in [0, 0.05) is 5.56 Å². The summed E-state index contributed by atoms with van der Waals surface area (Å²) in [6, 6.07) is 10.5. The van der Waals surface area contributed by atoms with Crippen LogP contribution in [0, 0.1) is 5.82 Å². The van der Waals surface area contributed by atoms with Crippen molar-refractivity contribution in [3.63, 3.8) is 0 Å². The van der Waals surface area contributed by atoms with Crippen LogP contribution >= 0.6 is 12.4 Å². The van der Waals surface area contributed by atoms with Crippen LogP contribution in [-0.4, -0.2) is 37.5 Å². The zero-order valence-corrected chi connectivity index (χ0v) is 18.2. The van der Waals surface area contributed by atoms with Gasteiger partial charge in [0.2, 0.25) is 0 Å². The average Bonchev–Trinajstić information content (AvgIpc) is 3.05. The lowest BCUT2D eigenvalue weighted by Gasteiger charge is -2.39. The molecule has 2 atom stereocenters. The number of rotatable bonds is 2. The molecule has 0 bridgehead atoms. The maximum absolute atomic E-state index is 14.8. The van der Waals surface area contributed by atoms with Crippen molar-refractivity contribution in [2.45, 2.75) is 38.1 Å². The minimum absolute atomic E-state index is 0. The molecule has 164 valence electrons. The largest absolute Gasteiger partial charge is 0.483 e. The first-order valence-corrected chi connectivity index (χ1v) is 10.6. The Morgan fingerprint density at radius 2 is 2.00 bits per heavy atom. The number of carbonyl (C=O) groups excluding carboxylic acids is 1. The van der Waals surface area contributed by atoms with Crippen LogP contribution < -0.4 is 20.4 Å². The summed E-state index contributed by atoms with van der Waals surface area (Å²) < 4.78 is 20.8.